The normalized spacial score (nSPS) is 20.0. The van der Waals surface area contributed by atoms with Crippen molar-refractivity contribution >= 4 is 29.3 Å². The molecule has 0 radical (unpaired) electrons. The fraction of sp³-hybridized carbons (Fsp3) is 0.500. The van der Waals surface area contributed by atoms with Crippen LogP contribution in [-0.4, -0.2) is 53.7 Å². The number of nitrogens with two attached hydrogens (primary N) is 1. The Kier molecular flexibility index (Phi) is 4.99. The molecular formula is C18H22ClN3O3. The number of carbonyl (C=O) groups is 3. The fourth-order valence-electron chi connectivity index (χ4n) is 3.83. The lowest BCUT2D eigenvalue weighted by Gasteiger charge is -2.47. The molecule has 1 spiro atoms. The molecule has 6 nitrogen and oxygen atoms in total. The molecule has 2 aliphatic heterocycles. The molecule has 1 aromatic carbocycles. The summed E-state index contributed by atoms with van der Waals surface area (Å²) >= 11 is 5.97. The van der Waals surface area contributed by atoms with E-state index >= 15 is 0 Å². The maximum atomic E-state index is 12.6. The predicted octanol–water partition coefficient (Wildman–Crippen LogP) is 1.67. The highest BCUT2D eigenvalue weighted by Gasteiger charge is 2.42. The van der Waals surface area contributed by atoms with Crippen molar-refractivity contribution in [2.45, 2.75) is 25.7 Å². The molecule has 0 atom stereocenters. The predicted molar refractivity (Wildman–Crippen MR) is 94.0 cm³/mol. The SMILES string of the molecule is NC(=O)CN1CC2(CCC1=O)CCN(C(=O)c1cccc(Cl)c1)CC2. The second-order valence-electron chi connectivity index (χ2n) is 7.02. The van der Waals surface area contributed by atoms with E-state index in [2.05, 4.69) is 0 Å². The van der Waals surface area contributed by atoms with Crippen LogP contribution >= 0.6 is 11.6 Å². The van der Waals surface area contributed by atoms with Crippen LogP contribution in [0.5, 0.6) is 0 Å². The Morgan fingerprint density at radius 3 is 2.56 bits per heavy atom. The summed E-state index contributed by atoms with van der Waals surface area (Å²) in [6.45, 7) is 1.81. The van der Waals surface area contributed by atoms with Gasteiger partial charge in [0.1, 0.15) is 0 Å². The molecule has 3 amide bonds. The Morgan fingerprint density at radius 1 is 1.20 bits per heavy atom. The average molecular weight is 364 g/mol. The van der Waals surface area contributed by atoms with Gasteiger partial charge in [-0.15, -0.1) is 0 Å². The largest absolute Gasteiger partial charge is 0.368 e. The van der Waals surface area contributed by atoms with Crippen LogP contribution in [0.4, 0.5) is 0 Å². The first-order chi connectivity index (χ1) is 11.9. The smallest absolute Gasteiger partial charge is 0.253 e. The molecule has 25 heavy (non-hydrogen) atoms. The number of benzene rings is 1. The highest BCUT2D eigenvalue weighted by atomic mass is 35.5. The maximum Gasteiger partial charge on any atom is 0.253 e. The summed E-state index contributed by atoms with van der Waals surface area (Å²) < 4.78 is 0. The van der Waals surface area contributed by atoms with Crippen molar-refractivity contribution < 1.29 is 14.4 Å². The van der Waals surface area contributed by atoms with Gasteiger partial charge in [0.2, 0.25) is 11.8 Å². The second kappa shape index (κ2) is 7.04. The molecule has 0 saturated carbocycles. The third kappa shape index (κ3) is 3.95. The first-order valence-electron chi connectivity index (χ1n) is 8.49. The van der Waals surface area contributed by atoms with Crippen molar-refractivity contribution in [3.05, 3.63) is 34.9 Å². The minimum absolute atomic E-state index is 0.0122. The molecule has 0 unspecified atom stereocenters. The minimum Gasteiger partial charge on any atom is -0.368 e. The molecule has 7 heteroatoms. The highest BCUT2D eigenvalue weighted by Crippen LogP contribution is 2.40. The Bertz CT molecular complexity index is 699. The molecule has 0 aliphatic carbocycles. The number of halogens is 1. The van der Waals surface area contributed by atoms with Gasteiger partial charge in [-0.25, -0.2) is 0 Å². The third-order valence-electron chi connectivity index (χ3n) is 5.28. The number of hydrogen-bond donors (Lipinski definition) is 1. The molecule has 134 valence electrons. The number of rotatable bonds is 3. The van der Waals surface area contributed by atoms with E-state index in [-0.39, 0.29) is 23.8 Å². The van der Waals surface area contributed by atoms with Gasteiger partial charge in [-0.2, -0.15) is 0 Å². The zero-order valence-electron chi connectivity index (χ0n) is 14.0. The molecule has 3 rings (SSSR count). The Labute approximate surface area is 151 Å². The van der Waals surface area contributed by atoms with Gasteiger partial charge < -0.3 is 15.5 Å². The van der Waals surface area contributed by atoms with Crippen molar-refractivity contribution in [1.82, 2.24) is 9.80 Å². The number of carbonyl (C=O) groups excluding carboxylic acids is 3. The van der Waals surface area contributed by atoms with Gasteiger partial charge in [-0.05, 0) is 42.9 Å². The summed E-state index contributed by atoms with van der Waals surface area (Å²) in [4.78, 5) is 39.2. The standard InChI is InChI=1S/C18H22ClN3O3/c19-14-3-1-2-13(10-14)17(25)21-8-6-18(7-9-21)5-4-16(24)22(12-18)11-15(20)23/h1-3,10H,4-9,11-12H2,(H2,20,23). The number of nitrogens with zero attached hydrogens (tertiary/aromatic N) is 2. The number of likely N-dealkylation sites (tertiary alicyclic amines) is 2. The van der Waals surface area contributed by atoms with Crippen LogP contribution in [0, 0.1) is 5.41 Å². The van der Waals surface area contributed by atoms with Gasteiger partial charge in [0, 0.05) is 36.6 Å². The topological polar surface area (TPSA) is 83.7 Å². The molecule has 1 aromatic rings. The molecule has 2 aliphatic rings. The van der Waals surface area contributed by atoms with Crippen LogP contribution in [0.15, 0.2) is 24.3 Å². The van der Waals surface area contributed by atoms with Gasteiger partial charge in [0.05, 0.1) is 6.54 Å². The van der Waals surface area contributed by atoms with E-state index in [4.69, 9.17) is 17.3 Å². The van der Waals surface area contributed by atoms with Crippen LogP contribution in [0.1, 0.15) is 36.0 Å². The van der Waals surface area contributed by atoms with Gasteiger partial charge in [0.15, 0.2) is 0 Å². The molecule has 0 aromatic heterocycles. The number of piperidine rings is 2. The molecular weight excluding hydrogens is 342 g/mol. The van der Waals surface area contributed by atoms with Crippen molar-refractivity contribution in [3.63, 3.8) is 0 Å². The van der Waals surface area contributed by atoms with E-state index in [0.717, 1.165) is 19.3 Å². The van der Waals surface area contributed by atoms with E-state index in [9.17, 15) is 14.4 Å². The molecule has 2 N–H and O–H groups in total. The molecule has 2 heterocycles. The zero-order chi connectivity index (χ0) is 18.0. The van der Waals surface area contributed by atoms with Gasteiger partial charge in [-0.3, -0.25) is 14.4 Å². The quantitative estimate of drug-likeness (QED) is 0.886. The highest BCUT2D eigenvalue weighted by molar-refractivity contribution is 6.30. The lowest BCUT2D eigenvalue weighted by atomic mass is 9.72. The van der Waals surface area contributed by atoms with E-state index in [1.54, 1.807) is 29.2 Å². The minimum atomic E-state index is -0.487. The molecule has 0 bridgehead atoms. The van der Waals surface area contributed by atoms with E-state index in [1.165, 1.54) is 0 Å². The monoisotopic (exact) mass is 363 g/mol. The van der Waals surface area contributed by atoms with Crippen molar-refractivity contribution in [2.75, 3.05) is 26.2 Å². The number of amides is 3. The average Bonchev–Trinajstić information content (AvgIpc) is 2.58. The van der Waals surface area contributed by atoms with E-state index in [1.807, 2.05) is 4.90 Å². The molecule has 2 saturated heterocycles. The second-order valence-corrected chi connectivity index (χ2v) is 7.46. The maximum absolute atomic E-state index is 12.6. The van der Waals surface area contributed by atoms with Crippen molar-refractivity contribution in [2.24, 2.45) is 11.1 Å². The summed E-state index contributed by atoms with van der Waals surface area (Å²) in [5.74, 6) is -0.515. The van der Waals surface area contributed by atoms with Crippen LogP contribution in [0.2, 0.25) is 5.02 Å². The Hall–Kier alpha value is -2.08. The van der Waals surface area contributed by atoms with Crippen molar-refractivity contribution in [3.8, 4) is 0 Å². The van der Waals surface area contributed by atoms with Crippen molar-refractivity contribution in [1.29, 1.82) is 0 Å². The number of hydrogen-bond acceptors (Lipinski definition) is 3. The summed E-state index contributed by atoms with van der Waals surface area (Å²) in [5, 5.41) is 0.548. The summed E-state index contributed by atoms with van der Waals surface area (Å²) in [5.41, 5.74) is 5.82. The van der Waals surface area contributed by atoms with Crippen LogP contribution in [-0.2, 0) is 9.59 Å². The fourth-order valence-corrected chi connectivity index (χ4v) is 4.02. The first kappa shape index (κ1) is 17.7. The third-order valence-corrected chi connectivity index (χ3v) is 5.51. The Morgan fingerprint density at radius 2 is 1.92 bits per heavy atom. The Balaban J connectivity index is 1.64. The van der Waals surface area contributed by atoms with Gasteiger partial charge in [0.25, 0.3) is 5.91 Å². The lowest BCUT2D eigenvalue weighted by Crippen LogP contribution is -2.53. The van der Waals surface area contributed by atoms with E-state index in [0.29, 0.717) is 36.6 Å². The summed E-state index contributed by atoms with van der Waals surface area (Å²) in [6.07, 6.45) is 2.89. The lowest BCUT2D eigenvalue weighted by molar-refractivity contribution is -0.142. The molecule has 2 fully saturated rings. The first-order valence-corrected chi connectivity index (χ1v) is 8.87. The van der Waals surface area contributed by atoms with Gasteiger partial charge in [-0.1, -0.05) is 17.7 Å². The number of primary amides is 1. The van der Waals surface area contributed by atoms with Crippen LogP contribution in [0.3, 0.4) is 0 Å². The van der Waals surface area contributed by atoms with Gasteiger partial charge >= 0.3 is 0 Å². The van der Waals surface area contributed by atoms with E-state index < -0.39 is 5.91 Å². The van der Waals surface area contributed by atoms with Crippen LogP contribution < -0.4 is 5.73 Å². The zero-order valence-corrected chi connectivity index (χ0v) is 14.8. The summed E-state index contributed by atoms with van der Waals surface area (Å²) in [7, 11) is 0. The summed E-state index contributed by atoms with van der Waals surface area (Å²) in [6, 6.07) is 6.97. The van der Waals surface area contributed by atoms with Crippen LogP contribution in [0.25, 0.3) is 0 Å².